The number of ether oxygens (including phenoxy) is 1. The summed E-state index contributed by atoms with van der Waals surface area (Å²) in [7, 11) is 0. The van der Waals surface area contributed by atoms with Crippen molar-refractivity contribution < 1.29 is 19.4 Å². The number of carbonyl (C=O) groups is 2. The van der Waals surface area contributed by atoms with Crippen LogP contribution < -0.4 is 0 Å². The van der Waals surface area contributed by atoms with Gasteiger partial charge in [-0.25, -0.2) is 0 Å². The van der Waals surface area contributed by atoms with E-state index in [9.17, 15) is 9.59 Å². The van der Waals surface area contributed by atoms with Crippen molar-refractivity contribution in [2.75, 3.05) is 26.3 Å². The summed E-state index contributed by atoms with van der Waals surface area (Å²) in [4.78, 5) is 24.1. The summed E-state index contributed by atoms with van der Waals surface area (Å²) in [6, 6.07) is 0. The highest BCUT2D eigenvalue weighted by Crippen LogP contribution is 2.17. The second-order valence-corrected chi connectivity index (χ2v) is 5.00. The van der Waals surface area contributed by atoms with Crippen LogP contribution in [-0.4, -0.2) is 48.2 Å². The van der Waals surface area contributed by atoms with Gasteiger partial charge in [-0.1, -0.05) is 13.8 Å². The molecule has 1 atom stereocenters. The standard InChI is InChI=1S/C12H21NO4/c1-9(2)6-13(7-12(15)16)11(14)5-10-3-4-17-8-10/h9-10H,3-8H2,1-2H3,(H,15,16)/t10-/m0/s1. The minimum Gasteiger partial charge on any atom is -0.480 e. The van der Waals surface area contributed by atoms with E-state index in [0.717, 1.165) is 6.42 Å². The van der Waals surface area contributed by atoms with Crippen molar-refractivity contribution >= 4 is 11.9 Å². The fourth-order valence-corrected chi connectivity index (χ4v) is 1.98. The van der Waals surface area contributed by atoms with E-state index >= 15 is 0 Å². The molecule has 0 bridgehead atoms. The first-order valence-electron chi connectivity index (χ1n) is 6.06. The molecule has 0 spiro atoms. The number of hydrogen-bond donors (Lipinski definition) is 1. The molecular formula is C12H21NO4. The molecule has 17 heavy (non-hydrogen) atoms. The van der Waals surface area contributed by atoms with Gasteiger partial charge in [-0.3, -0.25) is 9.59 Å². The number of carboxylic acid groups (broad SMARTS) is 1. The van der Waals surface area contributed by atoms with Crippen LogP contribution in [0.4, 0.5) is 0 Å². The zero-order chi connectivity index (χ0) is 12.8. The number of rotatable bonds is 6. The average molecular weight is 243 g/mol. The fourth-order valence-electron chi connectivity index (χ4n) is 1.98. The molecule has 1 N–H and O–H groups in total. The molecule has 1 fully saturated rings. The van der Waals surface area contributed by atoms with Crippen LogP contribution in [0.5, 0.6) is 0 Å². The van der Waals surface area contributed by atoms with Crippen molar-refractivity contribution in [1.29, 1.82) is 0 Å². The lowest BCUT2D eigenvalue weighted by Gasteiger charge is -2.23. The number of aliphatic carboxylic acids is 1. The smallest absolute Gasteiger partial charge is 0.323 e. The summed E-state index contributed by atoms with van der Waals surface area (Å²) < 4.78 is 5.21. The number of hydrogen-bond acceptors (Lipinski definition) is 3. The monoisotopic (exact) mass is 243 g/mol. The van der Waals surface area contributed by atoms with Crippen LogP contribution >= 0.6 is 0 Å². The molecule has 1 aliphatic heterocycles. The minimum atomic E-state index is -0.957. The molecular weight excluding hydrogens is 222 g/mol. The second kappa shape index (κ2) is 6.59. The molecule has 0 unspecified atom stereocenters. The lowest BCUT2D eigenvalue weighted by atomic mass is 10.0. The van der Waals surface area contributed by atoms with Crippen LogP contribution in [0, 0.1) is 11.8 Å². The molecule has 5 nitrogen and oxygen atoms in total. The quantitative estimate of drug-likeness (QED) is 0.755. The van der Waals surface area contributed by atoms with Crippen LogP contribution in [-0.2, 0) is 14.3 Å². The maximum absolute atomic E-state index is 12.0. The Morgan fingerprint density at radius 2 is 2.18 bits per heavy atom. The van der Waals surface area contributed by atoms with E-state index in [4.69, 9.17) is 9.84 Å². The molecule has 1 rings (SSSR count). The highest BCUT2D eigenvalue weighted by Gasteiger charge is 2.24. The van der Waals surface area contributed by atoms with Crippen LogP contribution in [0.15, 0.2) is 0 Å². The molecule has 5 heteroatoms. The normalized spacial score (nSPS) is 19.6. The Labute approximate surface area is 102 Å². The highest BCUT2D eigenvalue weighted by atomic mass is 16.5. The van der Waals surface area contributed by atoms with Crippen LogP contribution in [0.2, 0.25) is 0 Å². The van der Waals surface area contributed by atoms with Gasteiger partial charge >= 0.3 is 5.97 Å². The third-order valence-corrected chi connectivity index (χ3v) is 2.75. The van der Waals surface area contributed by atoms with Gasteiger partial charge < -0.3 is 14.7 Å². The number of carboxylic acids is 1. The van der Waals surface area contributed by atoms with E-state index in [-0.39, 0.29) is 24.3 Å². The van der Waals surface area contributed by atoms with Gasteiger partial charge in [0.05, 0.1) is 0 Å². The molecule has 98 valence electrons. The predicted molar refractivity (Wildman–Crippen MR) is 62.6 cm³/mol. The van der Waals surface area contributed by atoms with Gasteiger partial charge in [-0.05, 0) is 18.3 Å². The molecule has 0 aromatic carbocycles. The number of amides is 1. The van der Waals surface area contributed by atoms with Crippen molar-refractivity contribution in [2.24, 2.45) is 11.8 Å². The molecule has 0 aliphatic carbocycles. The molecule has 0 aromatic heterocycles. The van der Waals surface area contributed by atoms with Gasteiger partial charge in [0.1, 0.15) is 6.54 Å². The first-order valence-corrected chi connectivity index (χ1v) is 6.06. The number of carbonyl (C=O) groups excluding carboxylic acids is 1. The van der Waals surface area contributed by atoms with Crippen molar-refractivity contribution in [2.45, 2.75) is 26.7 Å². The predicted octanol–water partition coefficient (Wildman–Crippen LogP) is 0.982. The third-order valence-electron chi connectivity index (χ3n) is 2.75. The first kappa shape index (κ1) is 14.0. The Morgan fingerprint density at radius 1 is 1.47 bits per heavy atom. The minimum absolute atomic E-state index is 0.0726. The first-order chi connectivity index (χ1) is 7.99. The largest absolute Gasteiger partial charge is 0.480 e. The Morgan fingerprint density at radius 3 is 2.65 bits per heavy atom. The number of nitrogens with zero attached hydrogens (tertiary/aromatic N) is 1. The molecule has 1 aliphatic rings. The molecule has 0 radical (unpaired) electrons. The molecule has 1 saturated heterocycles. The Balaban J connectivity index is 2.48. The summed E-state index contributed by atoms with van der Waals surface area (Å²) in [6.45, 7) is 5.57. The van der Waals surface area contributed by atoms with Crippen LogP contribution in [0.3, 0.4) is 0 Å². The van der Waals surface area contributed by atoms with Gasteiger partial charge in [0.15, 0.2) is 0 Å². The molecule has 1 amide bonds. The zero-order valence-corrected chi connectivity index (χ0v) is 10.5. The summed E-state index contributed by atoms with van der Waals surface area (Å²) >= 11 is 0. The van der Waals surface area contributed by atoms with E-state index in [0.29, 0.717) is 26.2 Å². The Hall–Kier alpha value is -1.10. The maximum Gasteiger partial charge on any atom is 0.323 e. The van der Waals surface area contributed by atoms with E-state index < -0.39 is 5.97 Å². The van der Waals surface area contributed by atoms with Gasteiger partial charge in [0.25, 0.3) is 0 Å². The van der Waals surface area contributed by atoms with Crippen LogP contribution in [0.25, 0.3) is 0 Å². The lowest BCUT2D eigenvalue weighted by Crippen LogP contribution is -2.39. The van der Waals surface area contributed by atoms with Crippen molar-refractivity contribution in [1.82, 2.24) is 4.90 Å². The SMILES string of the molecule is CC(C)CN(CC(=O)O)C(=O)C[C@@H]1CCOC1. The Kier molecular flexibility index (Phi) is 5.41. The topological polar surface area (TPSA) is 66.8 Å². The lowest BCUT2D eigenvalue weighted by molar-refractivity contribution is -0.145. The fraction of sp³-hybridized carbons (Fsp3) is 0.833. The summed E-state index contributed by atoms with van der Waals surface area (Å²) in [6.07, 6.45) is 1.30. The van der Waals surface area contributed by atoms with E-state index in [1.807, 2.05) is 13.8 Å². The van der Waals surface area contributed by atoms with E-state index in [2.05, 4.69) is 0 Å². The second-order valence-electron chi connectivity index (χ2n) is 5.00. The third kappa shape index (κ3) is 5.17. The summed E-state index contributed by atoms with van der Waals surface area (Å²) in [5.74, 6) is -0.498. The average Bonchev–Trinajstić information content (AvgIpc) is 2.67. The summed E-state index contributed by atoms with van der Waals surface area (Å²) in [5.41, 5.74) is 0. The van der Waals surface area contributed by atoms with Crippen molar-refractivity contribution in [3.8, 4) is 0 Å². The highest BCUT2D eigenvalue weighted by molar-refractivity contribution is 5.81. The van der Waals surface area contributed by atoms with Gasteiger partial charge in [-0.2, -0.15) is 0 Å². The van der Waals surface area contributed by atoms with E-state index in [1.54, 1.807) is 0 Å². The maximum atomic E-state index is 12.0. The summed E-state index contributed by atoms with van der Waals surface area (Å²) in [5, 5.41) is 8.79. The molecule has 0 saturated carbocycles. The zero-order valence-electron chi connectivity index (χ0n) is 10.5. The van der Waals surface area contributed by atoms with Gasteiger partial charge in [-0.15, -0.1) is 0 Å². The van der Waals surface area contributed by atoms with Crippen LogP contribution in [0.1, 0.15) is 26.7 Å². The van der Waals surface area contributed by atoms with Gasteiger partial charge in [0, 0.05) is 26.2 Å². The van der Waals surface area contributed by atoms with Crippen molar-refractivity contribution in [3.63, 3.8) is 0 Å². The van der Waals surface area contributed by atoms with Crippen molar-refractivity contribution in [3.05, 3.63) is 0 Å². The Bertz CT molecular complexity index is 272. The van der Waals surface area contributed by atoms with E-state index in [1.165, 1.54) is 4.90 Å². The molecule has 1 heterocycles. The molecule has 0 aromatic rings. The van der Waals surface area contributed by atoms with Gasteiger partial charge in [0.2, 0.25) is 5.91 Å².